The molecule has 0 aliphatic rings. The summed E-state index contributed by atoms with van der Waals surface area (Å²) in [6.45, 7) is 5.40. The number of non-ortho nitro benzene ring substituents is 1. The SMILES string of the molecule is CCOC(=O)[C@@H](NC(=O)Oc1ccc([N+](=O)[O-])cc1)C(C)C. The van der Waals surface area contributed by atoms with E-state index >= 15 is 0 Å². The van der Waals surface area contributed by atoms with Gasteiger partial charge in [-0.25, -0.2) is 9.59 Å². The molecule has 22 heavy (non-hydrogen) atoms. The van der Waals surface area contributed by atoms with Crippen LogP contribution in [0.1, 0.15) is 20.8 Å². The second-order valence-corrected chi connectivity index (χ2v) is 4.76. The normalized spacial score (nSPS) is 11.6. The number of rotatable bonds is 6. The molecule has 0 heterocycles. The molecule has 8 heteroatoms. The van der Waals surface area contributed by atoms with Gasteiger partial charge < -0.3 is 14.8 Å². The van der Waals surface area contributed by atoms with Gasteiger partial charge in [0.2, 0.25) is 0 Å². The number of carbonyl (C=O) groups is 2. The molecule has 0 aliphatic carbocycles. The minimum absolute atomic E-state index is 0.112. The van der Waals surface area contributed by atoms with E-state index < -0.39 is 23.0 Å². The number of amides is 1. The zero-order valence-corrected chi connectivity index (χ0v) is 12.6. The molecule has 1 aromatic carbocycles. The molecule has 1 amide bonds. The Labute approximate surface area is 127 Å². The number of nitrogens with one attached hydrogen (secondary N) is 1. The van der Waals surface area contributed by atoms with Gasteiger partial charge in [0.25, 0.3) is 5.69 Å². The standard InChI is InChI=1S/C14H18N2O6/c1-4-21-13(17)12(9(2)3)15-14(18)22-11-7-5-10(6-8-11)16(19)20/h5-9,12H,4H2,1-3H3,(H,15,18)/t12-/m0/s1. The molecule has 0 saturated heterocycles. The van der Waals surface area contributed by atoms with E-state index in [1.165, 1.54) is 24.3 Å². The Morgan fingerprint density at radius 2 is 1.86 bits per heavy atom. The summed E-state index contributed by atoms with van der Waals surface area (Å²) in [5.74, 6) is -0.587. The first kappa shape index (κ1) is 17.4. The Morgan fingerprint density at radius 1 is 1.27 bits per heavy atom. The van der Waals surface area contributed by atoms with Gasteiger partial charge in [0.05, 0.1) is 11.5 Å². The first-order chi connectivity index (χ1) is 10.3. The third-order valence-electron chi connectivity index (χ3n) is 2.74. The summed E-state index contributed by atoms with van der Waals surface area (Å²) in [6, 6.07) is 4.20. The van der Waals surface area contributed by atoms with Crippen molar-refractivity contribution in [1.29, 1.82) is 0 Å². The largest absolute Gasteiger partial charge is 0.464 e. The maximum absolute atomic E-state index is 11.8. The van der Waals surface area contributed by atoms with E-state index in [0.717, 1.165) is 0 Å². The van der Waals surface area contributed by atoms with E-state index in [1.54, 1.807) is 20.8 Å². The van der Waals surface area contributed by atoms with Gasteiger partial charge in [-0.05, 0) is 25.0 Å². The van der Waals surface area contributed by atoms with Crippen molar-refractivity contribution < 1.29 is 24.0 Å². The summed E-state index contributed by atoms with van der Waals surface area (Å²) in [5, 5.41) is 12.9. The molecular weight excluding hydrogens is 292 g/mol. The van der Waals surface area contributed by atoms with Gasteiger partial charge in [0.1, 0.15) is 11.8 Å². The third-order valence-corrected chi connectivity index (χ3v) is 2.74. The second-order valence-electron chi connectivity index (χ2n) is 4.76. The van der Waals surface area contributed by atoms with Gasteiger partial charge in [-0.15, -0.1) is 0 Å². The number of hydrogen-bond acceptors (Lipinski definition) is 6. The van der Waals surface area contributed by atoms with Crippen LogP contribution >= 0.6 is 0 Å². The Morgan fingerprint density at radius 3 is 2.32 bits per heavy atom. The van der Waals surface area contributed by atoms with Crippen LogP contribution in [0.25, 0.3) is 0 Å². The monoisotopic (exact) mass is 310 g/mol. The maximum atomic E-state index is 11.8. The molecule has 0 unspecified atom stereocenters. The van der Waals surface area contributed by atoms with Crippen molar-refractivity contribution >= 4 is 17.7 Å². The van der Waals surface area contributed by atoms with Gasteiger partial charge in [0, 0.05) is 12.1 Å². The quantitative estimate of drug-likeness (QED) is 0.490. The molecule has 1 atom stereocenters. The van der Waals surface area contributed by atoms with Crippen LogP contribution in [0.3, 0.4) is 0 Å². The van der Waals surface area contributed by atoms with Crippen molar-refractivity contribution in [3.05, 3.63) is 34.4 Å². The topological polar surface area (TPSA) is 108 Å². The molecule has 0 aromatic heterocycles. The second kappa shape index (κ2) is 7.96. The fraction of sp³-hybridized carbons (Fsp3) is 0.429. The van der Waals surface area contributed by atoms with Crippen molar-refractivity contribution in [2.75, 3.05) is 6.61 Å². The summed E-state index contributed by atoms with van der Waals surface area (Å²) in [7, 11) is 0. The van der Waals surface area contributed by atoms with Crippen LogP contribution in [0.5, 0.6) is 5.75 Å². The highest BCUT2D eigenvalue weighted by molar-refractivity contribution is 5.82. The van der Waals surface area contributed by atoms with Crippen LogP contribution in [0.15, 0.2) is 24.3 Å². The highest BCUT2D eigenvalue weighted by Crippen LogP contribution is 2.17. The number of nitro groups is 1. The first-order valence-electron chi connectivity index (χ1n) is 6.74. The van der Waals surface area contributed by atoms with E-state index in [4.69, 9.17) is 9.47 Å². The van der Waals surface area contributed by atoms with Crippen LogP contribution in [-0.2, 0) is 9.53 Å². The molecule has 0 bridgehead atoms. The predicted molar refractivity (Wildman–Crippen MR) is 77.5 cm³/mol. The van der Waals surface area contributed by atoms with Crippen molar-refractivity contribution in [3.63, 3.8) is 0 Å². The summed E-state index contributed by atoms with van der Waals surface area (Å²) in [5.41, 5.74) is -0.112. The lowest BCUT2D eigenvalue weighted by Crippen LogP contribution is -2.46. The van der Waals surface area contributed by atoms with E-state index in [2.05, 4.69) is 5.32 Å². The molecule has 1 N–H and O–H groups in total. The van der Waals surface area contributed by atoms with E-state index in [1.807, 2.05) is 0 Å². The van der Waals surface area contributed by atoms with Crippen LogP contribution in [0, 0.1) is 16.0 Å². The zero-order chi connectivity index (χ0) is 16.7. The molecule has 0 spiro atoms. The van der Waals surface area contributed by atoms with Crippen molar-refractivity contribution in [1.82, 2.24) is 5.32 Å². The molecule has 1 rings (SSSR count). The van der Waals surface area contributed by atoms with Crippen LogP contribution in [0.2, 0.25) is 0 Å². The molecule has 0 saturated carbocycles. The summed E-state index contributed by atoms with van der Waals surface area (Å²) in [4.78, 5) is 33.5. The molecule has 120 valence electrons. The third kappa shape index (κ3) is 5.04. The fourth-order valence-corrected chi connectivity index (χ4v) is 1.63. The number of benzene rings is 1. The van der Waals surface area contributed by atoms with Crippen molar-refractivity contribution in [2.45, 2.75) is 26.8 Å². The maximum Gasteiger partial charge on any atom is 0.413 e. The van der Waals surface area contributed by atoms with E-state index in [0.29, 0.717) is 0 Å². The van der Waals surface area contributed by atoms with E-state index in [-0.39, 0.29) is 24.0 Å². The van der Waals surface area contributed by atoms with Gasteiger partial charge in [0.15, 0.2) is 0 Å². The summed E-state index contributed by atoms with van der Waals surface area (Å²) >= 11 is 0. The molecule has 8 nitrogen and oxygen atoms in total. The smallest absolute Gasteiger partial charge is 0.413 e. The lowest BCUT2D eigenvalue weighted by Gasteiger charge is -2.20. The highest BCUT2D eigenvalue weighted by atomic mass is 16.6. The number of carbonyl (C=O) groups excluding carboxylic acids is 2. The molecular formula is C14H18N2O6. The molecule has 0 aliphatic heterocycles. The minimum Gasteiger partial charge on any atom is -0.464 e. The lowest BCUT2D eigenvalue weighted by molar-refractivity contribution is -0.384. The van der Waals surface area contributed by atoms with Crippen LogP contribution in [-0.4, -0.2) is 29.6 Å². The van der Waals surface area contributed by atoms with Gasteiger partial charge in [-0.2, -0.15) is 0 Å². The van der Waals surface area contributed by atoms with Crippen LogP contribution < -0.4 is 10.1 Å². The molecule has 0 fully saturated rings. The van der Waals surface area contributed by atoms with Crippen molar-refractivity contribution in [3.8, 4) is 5.75 Å². The predicted octanol–water partition coefficient (Wildman–Crippen LogP) is 2.27. The Hall–Kier alpha value is -2.64. The number of ether oxygens (including phenoxy) is 2. The van der Waals surface area contributed by atoms with Crippen LogP contribution in [0.4, 0.5) is 10.5 Å². The fourth-order valence-electron chi connectivity index (χ4n) is 1.63. The average Bonchev–Trinajstić information content (AvgIpc) is 2.45. The summed E-state index contributed by atoms with van der Waals surface area (Å²) in [6.07, 6.45) is -0.833. The number of hydrogen-bond donors (Lipinski definition) is 1. The molecule has 0 radical (unpaired) electrons. The Kier molecular flexibility index (Phi) is 6.30. The number of nitro benzene ring substituents is 1. The highest BCUT2D eigenvalue weighted by Gasteiger charge is 2.26. The van der Waals surface area contributed by atoms with Gasteiger partial charge in [-0.1, -0.05) is 13.8 Å². The van der Waals surface area contributed by atoms with Crippen molar-refractivity contribution in [2.24, 2.45) is 5.92 Å². The lowest BCUT2D eigenvalue weighted by atomic mass is 10.1. The zero-order valence-electron chi connectivity index (χ0n) is 12.6. The van der Waals surface area contributed by atoms with Gasteiger partial charge in [-0.3, -0.25) is 10.1 Å². The molecule has 1 aromatic rings. The Balaban J connectivity index is 2.67. The van der Waals surface area contributed by atoms with Gasteiger partial charge >= 0.3 is 12.1 Å². The first-order valence-corrected chi connectivity index (χ1v) is 6.74. The number of esters is 1. The summed E-state index contributed by atoms with van der Waals surface area (Å²) < 4.78 is 9.85. The van der Waals surface area contributed by atoms with E-state index in [9.17, 15) is 19.7 Å². The Bertz CT molecular complexity index is 541. The minimum atomic E-state index is -0.833. The average molecular weight is 310 g/mol. The number of nitrogens with zero attached hydrogens (tertiary/aromatic N) is 1.